The third-order valence-corrected chi connectivity index (χ3v) is 3.44. The van der Waals surface area contributed by atoms with Gasteiger partial charge in [0.2, 0.25) is 0 Å². The van der Waals surface area contributed by atoms with Crippen LogP contribution in [-0.2, 0) is 4.79 Å². The Morgan fingerprint density at radius 2 is 2.28 bits per heavy atom. The number of hydrogen-bond acceptors (Lipinski definition) is 2. The molecule has 2 amide bonds. The van der Waals surface area contributed by atoms with Crippen LogP contribution < -0.4 is 5.32 Å². The topological polar surface area (TPSA) is 69.6 Å². The van der Waals surface area contributed by atoms with E-state index < -0.39 is 11.4 Å². The van der Waals surface area contributed by atoms with Crippen LogP contribution in [0.15, 0.2) is 12.7 Å². The minimum absolute atomic E-state index is 0.198. The number of rotatable bonds is 5. The summed E-state index contributed by atoms with van der Waals surface area (Å²) in [7, 11) is 0. The summed E-state index contributed by atoms with van der Waals surface area (Å²) >= 11 is 0. The van der Waals surface area contributed by atoms with E-state index >= 15 is 0 Å². The molecule has 1 saturated heterocycles. The normalized spacial score (nSPS) is 23.5. The second-order valence-electron chi connectivity index (χ2n) is 4.84. The van der Waals surface area contributed by atoms with E-state index in [4.69, 9.17) is 0 Å². The zero-order valence-corrected chi connectivity index (χ0v) is 10.9. The van der Waals surface area contributed by atoms with Crippen molar-refractivity contribution in [1.82, 2.24) is 10.2 Å². The molecule has 1 aliphatic rings. The highest BCUT2D eigenvalue weighted by Gasteiger charge is 2.42. The highest BCUT2D eigenvalue weighted by Crippen LogP contribution is 2.35. The van der Waals surface area contributed by atoms with E-state index in [1.54, 1.807) is 11.0 Å². The van der Waals surface area contributed by atoms with Crippen molar-refractivity contribution >= 4 is 12.0 Å². The van der Waals surface area contributed by atoms with E-state index in [-0.39, 0.29) is 6.03 Å². The highest BCUT2D eigenvalue weighted by atomic mass is 16.4. The highest BCUT2D eigenvalue weighted by molar-refractivity contribution is 5.78. The van der Waals surface area contributed by atoms with Gasteiger partial charge in [0.25, 0.3) is 0 Å². The van der Waals surface area contributed by atoms with E-state index in [0.29, 0.717) is 32.5 Å². The summed E-state index contributed by atoms with van der Waals surface area (Å²) in [5, 5.41) is 12.1. The molecule has 1 unspecified atom stereocenters. The molecule has 0 aliphatic carbocycles. The molecule has 0 radical (unpaired) electrons. The molecule has 5 heteroatoms. The summed E-state index contributed by atoms with van der Waals surface area (Å²) in [6.07, 6.45) is 4.44. The number of nitrogens with zero attached hydrogens (tertiary/aromatic N) is 1. The van der Waals surface area contributed by atoms with Gasteiger partial charge in [0, 0.05) is 19.6 Å². The molecule has 0 saturated carbocycles. The molecule has 1 atom stereocenters. The number of nitrogens with one attached hydrogen (secondary N) is 1. The van der Waals surface area contributed by atoms with Gasteiger partial charge in [-0.3, -0.25) is 4.79 Å². The lowest BCUT2D eigenvalue weighted by Crippen LogP contribution is -2.52. The second-order valence-corrected chi connectivity index (χ2v) is 4.84. The van der Waals surface area contributed by atoms with Crippen molar-refractivity contribution in [2.75, 3.05) is 19.6 Å². The maximum absolute atomic E-state index is 11.8. The predicted octanol–water partition coefficient (Wildman–Crippen LogP) is 1.85. The van der Waals surface area contributed by atoms with Crippen molar-refractivity contribution in [2.24, 2.45) is 5.41 Å². The van der Waals surface area contributed by atoms with Crippen LogP contribution in [-0.4, -0.2) is 41.6 Å². The van der Waals surface area contributed by atoms with Crippen LogP contribution in [0.3, 0.4) is 0 Å². The number of carboxylic acids is 1. The number of carbonyl (C=O) groups excluding carboxylic acids is 1. The quantitative estimate of drug-likeness (QED) is 0.736. The zero-order valence-electron chi connectivity index (χ0n) is 10.9. The largest absolute Gasteiger partial charge is 0.481 e. The van der Waals surface area contributed by atoms with Crippen molar-refractivity contribution in [2.45, 2.75) is 32.6 Å². The summed E-state index contributed by atoms with van der Waals surface area (Å²) in [6, 6.07) is -0.198. The molecule has 1 heterocycles. The second kappa shape index (κ2) is 6.42. The first-order valence-electron chi connectivity index (χ1n) is 6.43. The number of urea groups is 1. The Morgan fingerprint density at radius 3 is 2.83 bits per heavy atom. The average molecular weight is 254 g/mol. The Labute approximate surface area is 108 Å². The fourth-order valence-electron chi connectivity index (χ4n) is 2.54. The maximum atomic E-state index is 11.8. The average Bonchev–Trinajstić information content (AvgIpc) is 2.36. The Hall–Kier alpha value is -1.52. The van der Waals surface area contributed by atoms with E-state index in [1.165, 1.54) is 0 Å². The summed E-state index contributed by atoms with van der Waals surface area (Å²) in [5.74, 6) is -0.787. The first kappa shape index (κ1) is 14.5. The van der Waals surface area contributed by atoms with E-state index in [0.717, 1.165) is 12.8 Å². The number of carbonyl (C=O) groups is 2. The van der Waals surface area contributed by atoms with Gasteiger partial charge in [-0.15, -0.1) is 6.58 Å². The molecule has 1 aliphatic heterocycles. The van der Waals surface area contributed by atoms with Gasteiger partial charge in [-0.25, -0.2) is 4.79 Å². The summed E-state index contributed by atoms with van der Waals surface area (Å²) in [4.78, 5) is 24.9. The first-order valence-corrected chi connectivity index (χ1v) is 6.43. The summed E-state index contributed by atoms with van der Waals surface area (Å²) < 4.78 is 0. The number of likely N-dealkylation sites (tertiary alicyclic amines) is 1. The van der Waals surface area contributed by atoms with Crippen molar-refractivity contribution < 1.29 is 14.7 Å². The Balaban J connectivity index is 2.71. The lowest BCUT2D eigenvalue weighted by atomic mass is 9.76. The van der Waals surface area contributed by atoms with Crippen LogP contribution in [0.2, 0.25) is 0 Å². The Kier molecular flexibility index (Phi) is 5.19. The van der Waals surface area contributed by atoms with E-state index in [2.05, 4.69) is 11.9 Å². The SMILES string of the molecule is C=CCNC(=O)N1CCCC(CCC)(C(=O)O)C1. The van der Waals surface area contributed by atoms with Crippen molar-refractivity contribution in [1.29, 1.82) is 0 Å². The molecule has 2 N–H and O–H groups in total. The number of hydrogen-bond donors (Lipinski definition) is 2. The third-order valence-electron chi connectivity index (χ3n) is 3.44. The standard InChI is InChI=1S/C13H22N2O3/c1-3-6-13(11(16)17)7-5-9-15(10-13)12(18)14-8-4-2/h4H,2-3,5-10H2,1H3,(H,14,18)(H,16,17). The fourth-order valence-corrected chi connectivity index (χ4v) is 2.54. The molecule has 0 aromatic heterocycles. The van der Waals surface area contributed by atoms with Crippen molar-refractivity contribution in [3.63, 3.8) is 0 Å². The number of amides is 2. The summed E-state index contributed by atoms with van der Waals surface area (Å²) in [6.45, 7) is 6.85. The lowest BCUT2D eigenvalue weighted by molar-refractivity contribution is -0.152. The Morgan fingerprint density at radius 1 is 1.56 bits per heavy atom. The van der Waals surface area contributed by atoms with Crippen LogP contribution in [0.4, 0.5) is 4.79 Å². The smallest absolute Gasteiger partial charge is 0.317 e. The molecular weight excluding hydrogens is 232 g/mol. The van der Waals surface area contributed by atoms with Crippen LogP contribution in [0.25, 0.3) is 0 Å². The Bertz CT molecular complexity index is 326. The van der Waals surface area contributed by atoms with E-state index in [9.17, 15) is 14.7 Å². The molecule has 102 valence electrons. The molecular formula is C13H22N2O3. The monoisotopic (exact) mass is 254 g/mol. The minimum Gasteiger partial charge on any atom is -0.481 e. The van der Waals surface area contributed by atoms with Gasteiger partial charge in [0.15, 0.2) is 0 Å². The minimum atomic E-state index is -0.787. The maximum Gasteiger partial charge on any atom is 0.317 e. The number of piperidine rings is 1. The molecule has 1 rings (SSSR count). The number of aliphatic carboxylic acids is 1. The van der Waals surface area contributed by atoms with Gasteiger partial charge in [0.05, 0.1) is 5.41 Å². The van der Waals surface area contributed by atoms with Crippen molar-refractivity contribution in [3.8, 4) is 0 Å². The van der Waals surface area contributed by atoms with Gasteiger partial charge < -0.3 is 15.3 Å². The first-order chi connectivity index (χ1) is 8.55. The summed E-state index contributed by atoms with van der Waals surface area (Å²) in [5.41, 5.74) is -0.765. The zero-order chi connectivity index (χ0) is 13.6. The van der Waals surface area contributed by atoms with Gasteiger partial charge >= 0.3 is 12.0 Å². The molecule has 0 aromatic rings. The van der Waals surface area contributed by atoms with Crippen LogP contribution in [0.5, 0.6) is 0 Å². The fraction of sp³-hybridized carbons (Fsp3) is 0.692. The van der Waals surface area contributed by atoms with Gasteiger partial charge in [0.1, 0.15) is 0 Å². The van der Waals surface area contributed by atoms with Crippen LogP contribution >= 0.6 is 0 Å². The molecule has 5 nitrogen and oxygen atoms in total. The number of carboxylic acid groups (broad SMARTS) is 1. The third kappa shape index (κ3) is 3.24. The molecule has 1 fully saturated rings. The van der Waals surface area contributed by atoms with Crippen LogP contribution in [0.1, 0.15) is 32.6 Å². The van der Waals surface area contributed by atoms with Crippen molar-refractivity contribution in [3.05, 3.63) is 12.7 Å². The molecule has 18 heavy (non-hydrogen) atoms. The van der Waals surface area contributed by atoms with Gasteiger partial charge in [-0.2, -0.15) is 0 Å². The van der Waals surface area contributed by atoms with Crippen LogP contribution in [0, 0.1) is 5.41 Å². The molecule has 0 spiro atoms. The van der Waals surface area contributed by atoms with Gasteiger partial charge in [-0.1, -0.05) is 19.4 Å². The predicted molar refractivity (Wildman–Crippen MR) is 69.4 cm³/mol. The molecule has 0 bridgehead atoms. The van der Waals surface area contributed by atoms with E-state index in [1.807, 2.05) is 6.92 Å². The lowest BCUT2D eigenvalue weighted by Gasteiger charge is -2.39. The molecule has 0 aromatic carbocycles. The van der Waals surface area contributed by atoms with Gasteiger partial charge in [-0.05, 0) is 19.3 Å².